The van der Waals surface area contributed by atoms with Gasteiger partial charge in [-0.15, -0.1) is 0 Å². The highest BCUT2D eigenvalue weighted by molar-refractivity contribution is 5.96. The van der Waals surface area contributed by atoms with Gasteiger partial charge in [-0.1, -0.05) is 12.1 Å². The zero-order valence-electron chi connectivity index (χ0n) is 9.11. The summed E-state index contributed by atoms with van der Waals surface area (Å²) in [5.41, 5.74) is 9.03. The molecule has 2 aromatic rings. The van der Waals surface area contributed by atoms with Crippen LogP contribution in [0, 0.1) is 13.8 Å². The molecular weight excluding hydrogens is 204 g/mol. The molecule has 0 atom stereocenters. The van der Waals surface area contributed by atoms with Crippen molar-refractivity contribution in [2.45, 2.75) is 13.8 Å². The summed E-state index contributed by atoms with van der Waals surface area (Å²) in [6.45, 7) is 4.03. The van der Waals surface area contributed by atoms with Gasteiger partial charge in [-0.3, -0.25) is 4.79 Å². The zero-order chi connectivity index (χ0) is 11.7. The van der Waals surface area contributed by atoms with Crippen LogP contribution in [0.2, 0.25) is 0 Å². The Labute approximate surface area is 92.7 Å². The summed E-state index contributed by atoms with van der Waals surface area (Å²) in [4.78, 5) is 11.1. The first-order chi connectivity index (χ1) is 7.59. The third-order valence-electron chi connectivity index (χ3n) is 2.56. The molecule has 2 rings (SSSR count). The Morgan fingerprint density at radius 2 is 2.00 bits per heavy atom. The summed E-state index contributed by atoms with van der Waals surface area (Å²) >= 11 is 0. The van der Waals surface area contributed by atoms with E-state index < -0.39 is 5.91 Å². The van der Waals surface area contributed by atoms with E-state index in [1.54, 1.807) is 0 Å². The van der Waals surface area contributed by atoms with Crippen molar-refractivity contribution in [3.63, 3.8) is 0 Å². The SMILES string of the molecule is Cc1ccc(-c2n[nH]nc2C(N)=O)cc1C. The molecule has 1 aromatic carbocycles. The first-order valence-electron chi connectivity index (χ1n) is 4.88. The highest BCUT2D eigenvalue weighted by atomic mass is 16.1. The average Bonchev–Trinajstić information content (AvgIpc) is 2.71. The van der Waals surface area contributed by atoms with Crippen LogP contribution < -0.4 is 5.73 Å². The fourth-order valence-corrected chi connectivity index (χ4v) is 1.49. The van der Waals surface area contributed by atoms with Gasteiger partial charge < -0.3 is 5.73 Å². The predicted molar refractivity (Wildman–Crippen MR) is 59.8 cm³/mol. The van der Waals surface area contributed by atoms with E-state index >= 15 is 0 Å². The first-order valence-corrected chi connectivity index (χ1v) is 4.88. The number of aromatic nitrogens is 3. The number of hydrogen-bond donors (Lipinski definition) is 2. The minimum absolute atomic E-state index is 0.170. The molecule has 3 N–H and O–H groups in total. The van der Waals surface area contributed by atoms with Gasteiger partial charge in [-0.2, -0.15) is 15.4 Å². The second-order valence-electron chi connectivity index (χ2n) is 3.68. The van der Waals surface area contributed by atoms with Crippen LogP contribution in [0.15, 0.2) is 18.2 Å². The second kappa shape index (κ2) is 3.77. The number of aromatic amines is 1. The molecule has 5 heteroatoms. The summed E-state index contributed by atoms with van der Waals surface area (Å²) in [6.07, 6.45) is 0. The maximum Gasteiger partial charge on any atom is 0.271 e. The van der Waals surface area contributed by atoms with Crippen molar-refractivity contribution in [1.29, 1.82) is 0 Å². The third kappa shape index (κ3) is 1.67. The number of carbonyl (C=O) groups excluding carboxylic acids is 1. The molecule has 0 aliphatic rings. The maximum atomic E-state index is 11.1. The molecule has 1 amide bonds. The Morgan fingerprint density at radius 3 is 2.62 bits per heavy atom. The molecule has 0 unspecified atom stereocenters. The van der Waals surface area contributed by atoms with Crippen molar-refractivity contribution in [3.05, 3.63) is 35.0 Å². The predicted octanol–water partition coefficient (Wildman–Crippen LogP) is 1.19. The minimum Gasteiger partial charge on any atom is -0.364 e. The molecule has 0 aliphatic carbocycles. The summed E-state index contributed by atoms with van der Waals surface area (Å²) in [6, 6.07) is 5.83. The molecule has 5 nitrogen and oxygen atoms in total. The Morgan fingerprint density at radius 1 is 1.25 bits per heavy atom. The van der Waals surface area contributed by atoms with Gasteiger partial charge in [0.25, 0.3) is 5.91 Å². The van der Waals surface area contributed by atoms with Gasteiger partial charge >= 0.3 is 0 Å². The summed E-state index contributed by atoms with van der Waals surface area (Å²) in [5, 5.41) is 10.1. The molecule has 82 valence electrons. The summed E-state index contributed by atoms with van der Waals surface area (Å²) in [5.74, 6) is -0.582. The maximum absolute atomic E-state index is 11.1. The number of H-pyrrole nitrogens is 1. The number of nitrogens with zero attached hydrogens (tertiary/aromatic N) is 2. The molecule has 1 aromatic heterocycles. The molecule has 0 saturated heterocycles. The number of rotatable bonds is 2. The van der Waals surface area contributed by atoms with Crippen LogP contribution in [0.1, 0.15) is 21.6 Å². The first kappa shape index (κ1) is 10.4. The Hall–Kier alpha value is -2.17. The minimum atomic E-state index is -0.582. The van der Waals surface area contributed by atoms with E-state index in [1.165, 1.54) is 5.56 Å². The number of benzene rings is 1. The number of nitrogens with one attached hydrogen (secondary N) is 1. The number of hydrogen-bond acceptors (Lipinski definition) is 3. The lowest BCUT2D eigenvalue weighted by molar-refractivity contribution is 0.0996. The number of aryl methyl sites for hydroxylation is 2. The quantitative estimate of drug-likeness (QED) is 0.790. The highest BCUT2D eigenvalue weighted by Crippen LogP contribution is 2.21. The topological polar surface area (TPSA) is 84.7 Å². The zero-order valence-corrected chi connectivity index (χ0v) is 9.11. The van der Waals surface area contributed by atoms with Crippen LogP contribution in [0.4, 0.5) is 0 Å². The largest absolute Gasteiger partial charge is 0.364 e. The lowest BCUT2D eigenvalue weighted by Crippen LogP contribution is -2.12. The fourth-order valence-electron chi connectivity index (χ4n) is 1.49. The summed E-state index contributed by atoms with van der Waals surface area (Å²) in [7, 11) is 0. The van der Waals surface area contributed by atoms with E-state index in [0.717, 1.165) is 11.1 Å². The molecular formula is C11H12N4O. The highest BCUT2D eigenvalue weighted by Gasteiger charge is 2.15. The normalized spacial score (nSPS) is 10.4. The van der Waals surface area contributed by atoms with Gasteiger partial charge in [-0.05, 0) is 31.0 Å². The van der Waals surface area contributed by atoms with E-state index in [2.05, 4.69) is 15.4 Å². The molecule has 0 aliphatic heterocycles. The third-order valence-corrected chi connectivity index (χ3v) is 2.56. The van der Waals surface area contributed by atoms with Crippen molar-refractivity contribution in [2.24, 2.45) is 5.73 Å². The van der Waals surface area contributed by atoms with Gasteiger partial charge in [0.1, 0.15) is 5.69 Å². The van der Waals surface area contributed by atoms with Crippen LogP contribution >= 0.6 is 0 Å². The Balaban J connectivity index is 2.54. The lowest BCUT2D eigenvalue weighted by atomic mass is 10.0. The van der Waals surface area contributed by atoms with Crippen molar-refractivity contribution < 1.29 is 4.79 Å². The van der Waals surface area contributed by atoms with Gasteiger partial charge in [0.15, 0.2) is 5.69 Å². The molecule has 0 fully saturated rings. The molecule has 1 heterocycles. The fraction of sp³-hybridized carbons (Fsp3) is 0.182. The van der Waals surface area contributed by atoms with E-state index in [1.807, 2.05) is 32.0 Å². The molecule has 0 saturated carbocycles. The number of primary amides is 1. The van der Waals surface area contributed by atoms with Gasteiger partial charge in [-0.25, -0.2) is 0 Å². The number of amides is 1. The van der Waals surface area contributed by atoms with Crippen LogP contribution in [0.3, 0.4) is 0 Å². The van der Waals surface area contributed by atoms with Crippen molar-refractivity contribution in [2.75, 3.05) is 0 Å². The van der Waals surface area contributed by atoms with E-state index in [4.69, 9.17) is 5.73 Å². The van der Waals surface area contributed by atoms with Gasteiger partial charge in [0.05, 0.1) is 0 Å². The van der Waals surface area contributed by atoms with Crippen LogP contribution in [0.25, 0.3) is 11.3 Å². The molecule has 0 bridgehead atoms. The number of carbonyl (C=O) groups is 1. The average molecular weight is 216 g/mol. The van der Waals surface area contributed by atoms with Crippen molar-refractivity contribution in [3.8, 4) is 11.3 Å². The second-order valence-corrected chi connectivity index (χ2v) is 3.68. The van der Waals surface area contributed by atoms with Gasteiger partial charge in [0.2, 0.25) is 0 Å². The van der Waals surface area contributed by atoms with E-state index in [9.17, 15) is 4.79 Å². The lowest BCUT2D eigenvalue weighted by Gasteiger charge is -2.02. The molecule has 0 radical (unpaired) electrons. The van der Waals surface area contributed by atoms with Crippen molar-refractivity contribution in [1.82, 2.24) is 15.4 Å². The van der Waals surface area contributed by atoms with Crippen LogP contribution in [-0.4, -0.2) is 21.3 Å². The Bertz CT molecular complexity index is 545. The smallest absolute Gasteiger partial charge is 0.271 e. The van der Waals surface area contributed by atoms with Crippen LogP contribution in [0.5, 0.6) is 0 Å². The summed E-state index contributed by atoms with van der Waals surface area (Å²) < 4.78 is 0. The molecule has 16 heavy (non-hydrogen) atoms. The standard InChI is InChI=1S/C11H12N4O/c1-6-3-4-8(5-7(6)2)9-10(11(12)16)14-15-13-9/h3-5H,1-2H3,(H2,12,16)(H,13,14,15). The monoisotopic (exact) mass is 216 g/mol. The van der Waals surface area contributed by atoms with E-state index in [0.29, 0.717) is 5.69 Å². The van der Waals surface area contributed by atoms with E-state index in [-0.39, 0.29) is 5.69 Å². The molecule has 0 spiro atoms. The van der Waals surface area contributed by atoms with Gasteiger partial charge in [0, 0.05) is 5.56 Å². The van der Waals surface area contributed by atoms with Crippen molar-refractivity contribution >= 4 is 5.91 Å². The van der Waals surface area contributed by atoms with Crippen LogP contribution in [-0.2, 0) is 0 Å². The number of nitrogens with two attached hydrogens (primary N) is 1. The Kier molecular flexibility index (Phi) is 2.44.